The van der Waals surface area contributed by atoms with E-state index in [4.69, 9.17) is 9.47 Å². The topological polar surface area (TPSA) is 99.4 Å². The average Bonchev–Trinajstić information content (AvgIpc) is 3.17. The Kier molecular flexibility index (Phi) is 5.47. The highest BCUT2D eigenvalue weighted by atomic mass is 16.5. The number of hydrogen-bond donors (Lipinski definition) is 2. The third-order valence-corrected chi connectivity index (χ3v) is 5.30. The Bertz CT molecular complexity index is 1010. The molecule has 9 heteroatoms. The largest absolute Gasteiger partial charge is 0.383 e. The molecule has 1 saturated heterocycles. The maximum atomic E-state index is 13.1. The van der Waals surface area contributed by atoms with Crippen LogP contribution in [0.3, 0.4) is 0 Å². The Hall–Kier alpha value is -2.62. The fourth-order valence-corrected chi connectivity index (χ4v) is 3.83. The van der Waals surface area contributed by atoms with E-state index in [0.717, 1.165) is 29.6 Å². The van der Waals surface area contributed by atoms with E-state index in [9.17, 15) is 4.79 Å². The first-order valence-corrected chi connectivity index (χ1v) is 9.49. The molecule has 1 atom stereocenters. The number of nitrogens with zero attached hydrogens (tertiary/aromatic N) is 4. The highest BCUT2D eigenvalue weighted by Crippen LogP contribution is 2.20. The molecule has 28 heavy (non-hydrogen) atoms. The second-order valence-electron chi connectivity index (χ2n) is 7.05. The smallest absolute Gasteiger partial charge is 0.258 e. The van der Waals surface area contributed by atoms with Crippen LogP contribution in [0.4, 0.5) is 0 Å². The van der Waals surface area contributed by atoms with Crippen LogP contribution < -0.4 is 10.5 Å². The number of morpholine rings is 1. The minimum atomic E-state index is -0.274. The Balaban J connectivity index is 1.84. The summed E-state index contributed by atoms with van der Waals surface area (Å²) in [4.78, 5) is 17.4. The molecule has 0 amide bonds. The number of tetrazole rings is 1. The second-order valence-corrected chi connectivity index (χ2v) is 7.05. The van der Waals surface area contributed by atoms with Gasteiger partial charge in [-0.25, -0.2) is 4.68 Å². The van der Waals surface area contributed by atoms with Crippen molar-refractivity contribution in [3.63, 3.8) is 0 Å². The van der Waals surface area contributed by atoms with Crippen molar-refractivity contribution in [2.24, 2.45) is 0 Å². The number of methoxy groups -OCH3 is 1. The number of para-hydroxylation sites is 1. The molecule has 9 nitrogen and oxygen atoms in total. The summed E-state index contributed by atoms with van der Waals surface area (Å²) in [5.74, 6) is 0.673. The summed E-state index contributed by atoms with van der Waals surface area (Å²) in [6.07, 6.45) is 0. The Morgan fingerprint density at radius 3 is 2.96 bits per heavy atom. The third kappa shape index (κ3) is 3.56. The summed E-state index contributed by atoms with van der Waals surface area (Å²) in [5.41, 5.74) is 2.47. The number of aryl methyl sites for hydroxylation is 1. The number of hydrogen-bond acceptors (Lipinski definition) is 6. The number of aromatic nitrogens is 5. The van der Waals surface area contributed by atoms with Crippen LogP contribution in [0.5, 0.6) is 0 Å². The number of aromatic amines is 1. The molecular formula is C19H25N6O3+. The van der Waals surface area contributed by atoms with Gasteiger partial charge in [0, 0.05) is 7.11 Å². The van der Waals surface area contributed by atoms with Crippen LogP contribution in [-0.2, 0) is 16.0 Å². The molecule has 1 fully saturated rings. The zero-order valence-corrected chi connectivity index (χ0v) is 16.1. The van der Waals surface area contributed by atoms with E-state index < -0.39 is 0 Å². The van der Waals surface area contributed by atoms with E-state index in [0.29, 0.717) is 37.8 Å². The molecule has 3 heterocycles. The Morgan fingerprint density at radius 1 is 1.36 bits per heavy atom. The molecule has 3 aromatic rings. The van der Waals surface area contributed by atoms with Crippen LogP contribution >= 0.6 is 0 Å². The standard InChI is InChI=1S/C19H24N6O3/c1-13-4-3-5-14-12-15(19(26)20-16(13)14)17(24-6-10-28-11-7-24)18-21-22-23-25(18)8-9-27-2/h3-5,12,17H,6-11H2,1-2H3,(H,20,26)/p+1/t17-/m0/s1. The Morgan fingerprint density at radius 2 is 2.18 bits per heavy atom. The summed E-state index contributed by atoms with van der Waals surface area (Å²) >= 11 is 0. The van der Waals surface area contributed by atoms with E-state index in [1.165, 1.54) is 4.90 Å². The van der Waals surface area contributed by atoms with Crippen molar-refractivity contribution in [3.8, 4) is 0 Å². The highest BCUT2D eigenvalue weighted by Gasteiger charge is 2.35. The molecule has 2 N–H and O–H groups in total. The van der Waals surface area contributed by atoms with Crippen LogP contribution in [0.2, 0.25) is 0 Å². The van der Waals surface area contributed by atoms with Crippen molar-refractivity contribution in [1.29, 1.82) is 0 Å². The van der Waals surface area contributed by atoms with Gasteiger partial charge in [0.1, 0.15) is 13.1 Å². The van der Waals surface area contributed by atoms with Crippen molar-refractivity contribution < 1.29 is 14.4 Å². The van der Waals surface area contributed by atoms with Crippen molar-refractivity contribution in [2.45, 2.75) is 19.5 Å². The number of pyridine rings is 1. The van der Waals surface area contributed by atoms with E-state index in [-0.39, 0.29) is 11.6 Å². The van der Waals surface area contributed by atoms with Gasteiger partial charge in [-0.1, -0.05) is 18.2 Å². The fourth-order valence-electron chi connectivity index (χ4n) is 3.83. The normalized spacial score (nSPS) is 16.5. The van der Waals surface area contributed by atoms with Crippen molar-refractivity contribution >= 4 is 10.9 Å². The van der Waals surface area contributed by atoms with Gasteiger partial charge in [0.2, 0.25) is 5.82 Å². The Labute approximate surface area is 162 Å². The van der Waals surface area contributed by atoms with Gasteiger partial charge in [0.05, 0.1) is 37.4 Å². The van der Waals surface area contributed by atoms with Gasteiger partial charge >= 0.3 is 0 Å². The van der Waals surface area contributed by atoms with Crippen LogP contribution in [0, 0.1) is 6.92 Å². The SMILES string of the molecule is COCCn1nnnc1[C@H](c1cc2cccc(C)c2[nH]c1=O)[NH+]1CCOCC1. The summed E-state index contributed by atoms with van der Waals surface area (Å²) in [7, 11) is 1.64. The molecule has 148 valence electrons. The summed E-state index contributed by atoms with van der Waals surface area (Å²) in [5, 5.41) is 13.3. The lowest BCUT2D eigenvalue weighted by atomic mass is 10.0. The molecule has 4 rings (SSSR count). The molecule has 0 aliphatic carbocycles. The zero-order chi connectivity index (χ0) is 19.5. The molecule has 2 aromatic heterocycles. The first-order chi connectivity index (χ1) is 13.7. The second kappa shape index (κ2) is 8.17. The molecule has 1 aromatic carbocycles. The van der Waals surface area contributed by atoms with Crippen molar-refractivity contribution in [2.75, 3.05) is 40.0 Å². The lowest BCUT2D eigenvalue weighted by molar-refractivity contribution is -0.933. The maximum absolute atomic E-state index is 13.1. The van der Waals surface area contributed by atoms with Crippen LogP contribution in [0.15, 0.2) is 29.1 Å². The number of rotatable bonds is 6. The van der Waals surface area contributed by atoms with Gasteiger partial charge in [0.15, 0.2) is 6.04 Å². The zero-order valence-electron chi connectivity index (χ0n) is 16.1. The molecule has 0 unspecified atom stereocenters. The number of H-pyrrole nitrogens is 1. The van der Waals surface area contributed by atoms with E-state index in [1.54, 1.807) is 11.8 Å². The van der Waals surface area contributed by atoms with Gasteiger partial charge < -0.3 is 19.4 Å². The number of fused-ring (bicyclic) bond motifs is 1. The van der Waals surface area contributed by atoms with Crippen molar-refractivity contribution in [1.82, 2.24) is 25.2 Å². The van der Waals surface area contributed by atoms with Gasteiger partial charge in [-0.05, 0) is 34.4 Å². The monoisotopic (exact) mass is 385 g/mol. The summed E-state index contributed by atoms with van der Waals surface area (Å²) in [6, 6.07) is 7.71. The van der Waals surface area contributed by atoms with Gasteiger partial charge in [-0.2, -0.15) is 0 Å². The van der Waals surface area contributed by atoms with Gasteiger partial charge in [-0.3, -0.25) is 4.79 Å². The molecule has 0 radical (unpaired) electrons. The van der Waals surface area contributed by atoms with Crippen LogP contribution in [0.25, 0.3) is 10.9 Å². The molecule has 0 spiro atoms. The number of quaternary nitrogens is 1. The van der Waals surface area contributed by atoms with E-state index in [2.05, 4.69) is 20.5 Å². The minimum Gasteiger partial charge on any atom is -0.383 e. The predicted molar refractivity (Wildman–Crippen MR) is 102 cm³/mol. The summed E-state index contributed by atoms with van der Waals surface area (Å²) in [6.45, 7) is 5.89. The first kappa shape index (κ1) is 18.7. The number of benzene rings is 1. The third-order valence-electron chi connectivity index (χ3n) is 5.30. The van der Waals surface area contributed by atoms with Gasteiger partial charge in [0.25, 0.3) is 5.56 Å². The predicted octanol–water partition coefficient (Wildman–Crippen LogP) is -0.526. The van der Waals surface area contributed by atoms with Crippen molar-refractivity contribution in [3.05, 3.63) is 51.6 Å². The van der Waals surface area contributed by atoms with Crippen LogP contribution in [-0.4, -0.2) is 65.2 Å². The lowest BCUT2D eigenvalue weighted by Gasteiger charge is -2.30. The molecule has 0 saturated carbocycles. The molecule has 0 bridgehead atoms. The molecule has 1 aliphatic rings. The van der Waals surface area contributed by atoms with E-state index >= 15 is 0 Å². The average molecular weight is 385 g/mol. The maximum Gasteiger partial charge on any atom is 0.258 e. The first-order valence-electron chi connectivity index (χ1n) is 9.49. The quantitative estimate of drug-likeness (QED) is 0.592. The number of ether oxygens (including phenoxy) is 2. The van der Waals surface area contributed by atoms with E-state index in [1.807, 2.05) is 31.2 Å². The van der Waals surface area contributed by atoms with Gasteiger partial charge in [-0.15, -0.1) is 5.10 Å². The molecule has 1 aliphatic heterocycles. The highest BCUT2D eigenvalue weighted by molar-refractivity contribution is 5.82. The molecular weight excluding hydrogens is 360 g/mol. The van der Waals surface area contributed by atoms with Crippen LogP contribution in [0.1, 0.15) is 23.0 Å². The fraction of sp³-hybridized carbons (Fsp3) is 0.474. The number of nitrogens with one attached hydrogen (secondary N) is 2. The lowest BCUT2D eigenvalue weighted by Crippen LogP contribution is -3.14. The summed E-state index contributed by atoms with van der Waals surface area (Å²) < 4.78 is 12.4. The minimum absolute atomic E-state index is 0.105.